The van der Waals surface area contributed by atoms with Crippen LogP contribution in [0.15, 0.2) is 48.5 Å². The number of rotatable bonds is 2. The van der Waals surface area contributed by atoms with E-state index in [0.717, 1.165) is 4.68 Å². The van der Waals surface area contributed by atoms with Gasteiger partial charge in [0.15, 0.2) is 0 Å². The van der Waals surface area contributed by atoms with Gasteiger partial charge in [0.25, 0.3) is 0 Å². The van der Waals surface area contributed by atoms with Gasteiger partial charge in [0.2, 0.25) is 5.88 Å². The number of aromatic nitrogens is 2. The fraction of sp³-hybridized carbons (Fsp3) is 0.118. The molecule has 1 aromatic heterocycles. The summed E-state index contributed by atoms with van der Waals surface area (Å²) in [5.41, 5.74) is 1.65. The Bertz CT molecular complexity index is 1060. The average Bonchev–Trinajstić information content (AvgIpc) is 2.93. The zero-order valence-electron chi connectivity index (χ0n) is 12.8. The molecule has 0 radical (unpaired) electrons. The molecule has 5 nitrogen and oxygen atoms in total. The van der Waals surface area contributed by atoms with Crippen molar-refractivity contribution in [2.24, 2.45) is 0 Å². The number of nitrogens with zero attached hydrogens (tertiary/aromatic N) is 2. The highest BCUT2D eigenvalue weighted by molar-refractivity contribution is 7.87. The van der Waals surface area contributed by atoms with Crippen molar-refractivity contribution in [3.05, 3.63) is 65.7 Å². The Morgan fingerprint density at radius 1 is 1.04 bits per heavy atom. The van der Waals surface area contributed by atoms with Gasteiger partial charge >= 0.3 is 10.1 Å². The van der Waals surface area contributed by atoms with E-state index in [1.807, 2.05) is 0 Å². The second kappa shape index (κ2) is 5.66. The normalized spacial score (nSPS) is 15.4. The fourth-order valence-corrected chi connectivity index (χ4v) is 3.71. The Morgan fingerprint density at radius 3 is 2.48 bits per heavy atom. The van der Waals surface area contributed by atoms with E-state index in [1.54, 1.807) is 6.07 Å². The first kappa shape index (κ1) is 15.8. The summed E-state index contributed by atoms with van der Waals surface area (Å²) < 4.78 is 57.4. The van der Waals surface area contributed by atoms with E-state index in [4.69, 9.17) is 4.18 Å². The first-order chi connectivity index (χ1) is 11.9. The Hall–Kier alpha value is -2.74. The van der Waals surface area contributed by atoms with Gasteiger partial charge in [-0.3, -0.25) is 0 Å². The molecule has 3 aromatic rings. The zero-order chi connectivity index (χ0) is 17.6. The summed E-state index contributed by atoms with van der Waals surface area (Å²) in [6.45, 7) is 0. The van der Waals surface area contributed by atoms with Gasteiger partial charge in [0.05, 0.1) is 11.4 Å². The molecule has 0 unspecified atom stereocenters. The second-order valence-corrected chi connectivity index (χ2v) is 7.29. The minimum atomic E-state index is -3.76. The molecule has 4 rings (SSSR count). The summed E-state index contributed by atoms with van der Waals surface area (Å²) in [6, 6.07) is 11.5. The fourth-order valence-electron chi connectivity index (χ4n) is 2.76. The first-order valence-electron chi connectivity index (χ1n) is 7.49. The molecule has 0 atom stereocenters. The van der Waals surface area contributed by atoms with Gasteiger partial charge in [-0.2, -0.15) is 18.2 Å². The van der Waals surface area contributed by atoms with Gasteiger partial charge in [0, 0.05) is 11.1 Å². The zero-order valence-corrected chi connectivity index (χ0v) is 13.6. The summed E-state index contributed by atoms with van der Waals surface area (Å²) in [4.78, 5) is 0. The van der Waals surface area contributed by atoms with E-state index in [-0.39, 0.29) is 23.7 Å². The van der Waals surface area contributed by atoms with Crippen LogP contribution in [0, 0.1) is 11.6 Å². The van der Waals surface area contributed by atoms with Crippen LogP contribution in [0.4, 0.5) is 8.78 Å². The number of para-hydroxylation sites is 1. The largest absolute Gasteiger partial charge is 0.361 e. The molecule has 1 aliphatic heterocycles. The molecule has 25 heavy (non-hydrogen) atoms. The first-order valence-corrected chi connectivity index (χ1v) is 9.07. The van der Waals surface area contributed by atoms with Crippen molar-refractivity contribution in [2.45, 2.75) is 6.42 Å². The highest BCUT2D eigenvalue weighted by Crippen LogP contribution is 2.37. The number of fused-ring (bicyclic) bond motifs is 1. The van der Waals surface area contributed by atoms with Gasteiger partial charge in [-0.05, 0) is 42.8 Å². The molecule has 2 heterocycles. The molecule has 0 spiro atoms. The molecule has 0 amide bonds. The summed E-state index contributed by atoms with van der Waals surface area (Å²) in [5, 5.41) is 4.35. The molecule has 2 aromatic carbocycles. The number of benzene rings is 2. The van der Waals surface area contributed by atoms with E-state index in [1.165, 1.54) is 42.5 Å². The molecule has 0 bridgehead atoms. The SMILES string of the molecule is O=S1(=O)CCc2c(-c3ccc(F)cc3)nn(-c3ccccc3F)c2O1. The summed E-state index contributed by atoms with van der Waals surface area (Å²) in [7, 11) is -3.76. The summed E-state index contributed by atoms with van der Waals surface area (Å²) >= 11 is 0. The van der Waals surface area contributed by atoms with Crippen molar-refractivity contribution in [1.29, 1.82) is 0 Å². The molecule has 0 aliphatic carbocycles. The van der Waals surface area contributed by atoms with E-state index < -0.39 is 21.8 Å². The Kier molecular flexibility index (Phi) is 3.57. The van der Waals surface area contributed by atoms with Crippen LogP contribution < -0.4 is 4.18 Å². The molecule has 0 fully saturated rings. The lowest BCUT2D eigenvalue weighted by Crippen LogP contribution is -2.22. The summed E-state index contributed by atoms with van der Waals surface area (Å²) in [5.74, 6) is -1.19. The van der Waals surface area contributed by atoms with Crippen LogP contribution in [-0.4, -0.2) is 24.0 Å². The number of hydrogen-bond donors (Lipinski definition) is 0. The molecule has 0 saturated heterocycles. The van der Waals surface area contributed by atoms with E-state index in [2.05, 4.69) is 5.10 Å². The van der Waals surface area contributed by atoms with Crippen LogP contribution in [-0.2, 0) is 16.5 Å². The lowest BCUT2D eigenvalue weighted by molar-refractivity contribution is 0.450. The highest BCUT2D eigenvalue weighted by atomic mass is 32.2. The predicted molar refractivity (Wildman–Crippen MR) is 87.0 cm³/mol. The van der Waals surface area contributed by atoms with E-state index >= 15 is 0 Å². The van der Waals surface area contributed by atoms with Crippen molar-refractivity contribution in [1.82, 2.24) is 9.78 Å². The second-order valence-electron chi connectivity index (χ2n) is 5.60. The molecule has 128 valence electrons. The Morgan fingerprint density at radius 2 is 1.76 bits per heavy atom. The van der Waals surface area contributed by atoms with Gasteiger partial charge in [0.1, 0.15) is 17.3 Å². The molecule has 8 heteroatoms. The van der Waals surface area contributed by atoms with E-state index in [9.17, 15) is 17.2 Å². The highest BCUT2D eigenvalue weighted by Gasteiger charge is 2.31. The average molecular weight is 362 g/mol. The van der Waals surface area contributed by atoms with Gasteiger partial charge in [-0.15, -0.1) is 0 Å². The number of halogens is 2. The smallest absolute Gasteiger partial charge is 0.311 e. The van der Waals surface area contributed by atoms with Crippen molar-refractivity contribution >= 4 is 10.1 Å². The molecule has 0 N–H and O–H groups in total. The van der Waals surface area contributed by atoms with Crippen molar-refractivity contribution in [2.75, 3.05) is 5.75 Å². The van der Waals surface area contributed by atoms with Crippen molar-refractivity contribution < 1.29 is 21.4 Å². The van der Waals surface area contributed by atoms with Crippen molar-refractivity contribution in [3.63, 3.8) is 0 Å². The van der Waals surface area contributed by atoms with E-state index in [0.29, 0.717) is 16.8 Å². The standard InChI is InChI=1S/C17H12F2N2O3S/c18-12-7-5-11(6-8-12)16-13-9-10-25(22,23)24-17(13)21(20-16)15-4-2-1-3-14(15)19/h1-8H,9-10H2. The van der Waals surface area contributed by atoms with Crippen LogP contribution in [0.25, 0.3) is 16.9 Å². The van der Waals surface area contributed by atoms with Gasteiger partial charge in [-0.1, -0.05) is 12.1 Å². The molecular weight excluding hydrogens is 350 g/mol. The topological polar surface area (TPSA) is 61.2 Å². The third-order valence-electron chi connectivity index (χ3n) is 3.94. The quantitative estimate of drug-likeness (QED) is 0.658. The third kappa shape index (κ3) is 2.78. The van der Waals surface area contributed by atoms with Gasteiger partial charge in [-0.25, -0.2) is 8.78 Å². The number of hydrogen-bond acceptors (Lipinski definition) is 4. The van der Waals surface area contributed by atoms with Crippen LogP contribution in [0.2, 0.25) is 0 Å². The van der Waals surface area contributed by atoms with Crippen LogP contribution in [0.5, 0.6) is 5.88 Å². The lowest BCUT2D eigenvalue weighted by atomic mass is 10.1. The minimum Gasteiger partial charge on any atom is -0.361 e. The minimum absolute atomic E-state index is 0.0318. The maximum atomic E-state index is 14.2. The molecule has 1 aliphatic rings. The maximum Gasteiger partial charge on any atom is 0.311 e. The lowest BCUT2D eigenvalue weighted by Gasteiger charge is -2.15. The predicted octanol–water partition coefficient (Wildman–Crippen LogP) is 3.08. The maximum absolute atomic E-state index is 14.2. The molecular formula is C17H12F2N2O3S. The third-order valence-corrected chi connectivity index (χ3v) is 5.06. The monoisotopic (exact) mass is 362 g/mol. The molecule has 0 saturated carbocycles. The van der Waals surface area contributed by atoms with Crippen LogP contribution in [0.1, 0.15) is 5.56 Å². The van der Waals surface area contributed by atoms with Crippen LogP contribution in [0.3, 0.4) is 0 Å². The summed E-state index contributed by atoms with van der Waals surface area (Å²) in [6.07, 6.45) is 0.179. The van der Waals surface area contributed by atoms with Crippen molar-refractivity contribution in [3.8, 4) is 22.8 Å². The Balaban J connectivity index is 1.96. The Labute approximate surface area is 142 Å². The van der Waals surface area contributed by atoms with Crippen LogP contribution >= 0.6 is 0 Å². The van der Waals surface area contributed by atoms with Gasteiger partial charge < -0.3 is 4.18 Å².